The van der Waals surface area contributed by atoms with Crippen LogP contribution in [0.1, 0.15) is 26.3 Å². The van der Waals surface area contributed by atoms with Gasteiger partial charge < -0.3 is 14.2 Å². The number of esters is 1. The molecule has 1 heterocycles. The van der Waals surface area contributed by atoms with Crippen molar-refractivity contribution < 1.29 is 28.6 Å². The van der Waals surface area contributed by atoms with Crippen LogP contribution in [0.3, 0.4) is 0 Å². The van der Waals surface area contributed by atoms with E-state index in [1.165, 1.54) is 20.1 Å². The number of carbonyl (C=O) groups excluding carboxylic acids is 3. The Bertz CT molecular complexity index is 794. The highest BCUT2D eigenvalue weighted by Gasteiger charge is 2.41. The van der Waals surface area contributed by atoms with Crippen molar-refractivity contribution in [2.45, 2.75) is 26.8 Å². The van der Waals surface area contributed by atoms with Crippen LogP contribution in [0.25, 0.3) is 6.08 Å². The second-order valence-electron chi connectivity index (χ2n) is 5.44. The average molecular weight is 414 g/mol. The molecule has 1 aromatic rings. The second-order valence-corrected chi connectivity index (χ2v) is 6.84. The van der Waals surface area contributed by atoms with Crippen molar-refractivity contribution in [2.24, 2.45) is 0 Å². The minimum atomic E-state index is -1.01. The van der Waals surface area contributed by atoms with Crippen molar-refractivity contribution in [3.05, 3.63) is 27.6 Å². The van der Waals surface area contributed by atoms with Crippen LogP contribution in [0, 0.1) is 0 Å². The lowest BCUT2D eigenvalue weighted by atomic mass is 10.1. The quantitative estimate of drug-likeness (QED) is 0.497. The molecule has 146 valence electrons. The highest BCUT2D eigenvalue weighted by molar-refractivity contribution is 8.18. The molecule has 0 aromatic heterocycles. The zero-order valence-electron chi connectivity index (χ0n) is 15.4. The number of hydrogen-bond donors (Lipinski definition) is 0. The van der Waals surface area contributed by atoms with Gasteiger partial charge in [0.05, 0.1) is 30.3 Å². The van der Waals surface area contributed by atoms with Gasteiger partial charge >= 0.3 is 5.97 Å². The Morgan fingerprint density at radius 2 is 1.81 bits per heavy atom. The van der Waals surface area contributed by atoms with Gasteiger partial charge in [-0.05, 0) is 50.2 Å². The summed E-state index contributed by atoms with van der Waals surface area (Å²) >= 11 is 7.03. The van der Waals surface area contributed by atoms with Gasteiger partial charge in [-0.15, -0.1) is 0 Å². The van der Waals surface area contributed by atoms with Crippen LogP contribution < -0.4 is 9.47 Å². The third-order valence-corrected chi connectivity index (χ3v) is 4.91. The Labute approximate surface area is 166 Å². The van der Waals surface area contributed by atoms with Gasteiger partial charge in [0.1, 0.15) is 6.04 Å². The number of carbonyl (C=O) groups is 3. The maximum atomic E-state index is 12.6. The fraction of sp³-hybridized carbons (Fsp3) is 0.389. The molecule has 2 rings (SSSR count). The van der Waals surface area contributed by atoms with Crippen LogP contribution in [-0.4, -0.2) is 48.4 Å². The topological polar surface area (TPSA) is 82.1 Å². The van der Waals surface area contributed by atoms with Crippen LogP contribution in [0.2, 0.25) is 5.02 Å². The average Bonchev–Trinajstić information content (AvgIpc) is 2.91. The monoisotopic (exact) mass is 413 g/mol. The Hall–Kier alpha value is -2.19. The number of thioether (sulfide) groups is 1. The zero-order chi connectivity index (χ0) is 20.1. The van der Waals surface area contributed by atoms with Gasteiger partial charge in [-0.25, -0.2) is 4.79 Å². The number of benzene rings is 1. The maximum Gasteiger partial charge on any atom is 0.328 e. The van der Waals surface area contributed by atoms with Crippen LogP contribution in [0.15, 0.2) is 17.0 Å². The molecule has 2 amide bonds. The zero-order valence-corrected chi connectivity index (χ0v) is 17.0. The molecule has 1 aromatic carbocycles. The molecule has 1 atom stereocenters. The summed E-state index contributed by atoms with van der Waals surface area (Å²) < 4.78 is 15.7. The third-order valence-electron chi connectivity index (χ3n) is 3.70. The second kappa shape index (κ2) is 9.14. The maximum absolute atomic E-state index is 12.6. The van der Waals surface area contributed by atoms with Gasteiger partial charge in [0.15, 0.2) is 11.5 Å². The predicted molar refractivity (Wildman–Crippen MR) is 103 cm³/mol. The number of methoxy groups -OCH3 is 1. The van der Waals surface area contributed by atoms with Gasteiger partial charge in [0.2, 0.25) is 0 Å². The van der Waals surface area contributed by atoms with Crippen LogP contribution in [-0.2, 0) is 14.3 Å². The summed E-state index contributed by atoms with van der Waals surface area (Å²) in [6.07, 6.45) is 1.50. The first kappa shape index (κ1) is 21.1. The number of nitrogens with zero attached hydrogens (tertiary/aromatic N) is 1. The first-order valence-corrected chi connectivity index (χ1v) is 9.47. The van der Waals surface area contributed by atoms with E-state index in [0.29, 0.717) is 35.3 Å². The molecule has 0 saturated carbocycles. The Kier molecular flexibility index (Phi) is 7.15. The number of halogens is 1. The van der Waals surface area contributed by atoms with Crippen LogP contribution in [0.5, 0.6) is 11.5 Å². The first-order valence-electron chi connectivity index (χ1n) is 8.28. The normalized spacial score (nSPS) is 16.6. The standard InChI is InChI=1S/C18H20ClNO6S/c1-5-25-13-7-11(12(19)9-14(13)26-6-2)8-15-16(21)20(18(23)27-15)10(3)17(22)24-4/h7-10H,5-6H2,1-4H3/b15-8+/t10-/m0/s1. The summed E-state index contributed by atoms with van der Waals surface area (Å²) in [5.41, 5.74) is 0.500. The van der Waals surface area contributed by atoms with E-state index in [0.717, 1.165) is 16.7 Å². The smallest absolute Gasteiger partial charge is 0.328 e. The fourth-order valence-electron chi connectivity index (χ4n) is 2.43. The van der Waals surface area contributed by atoms with Gasteiger partial charge in [-0.3, -0.25) is 14.5 Å². The van der Waals surface area contributed by atoms with E-state index in [1.54, 1.807) is 12.1 Å². The molecule has 0 unspecified atom stereocenters. The Morgan fingerprint density at radius 1 is 1.22 bits per heavy atom. The fourth-order valence-corrected chi connectivity index (χ4v) is 3.54. The van der Waals surface area contributed by atoms with E-state index in [-0.39, 0.29) is 4.91 Å². The molecule has 0 radical (unpaired) electrons. The number of imide groups is 1. The molecule has 1 fully saturated rings. The summed E-state index contributed by atoms with van der Waals surface area (Å²) in [4.78, 5) is 37.5. The lowest BCUT2D eigenvalue weighted by Crippen LogP contribution is -2.42. The van der Waals surface area contributed by atoms with E-state index in [2.05, 4.69) is 4.74 Å². The minimum Gasteiger partial charge on any atom is -0.490 e. The molecule has 27 heavy (non-hydrogen) atoms. The van der Waals surface area contributed by atoms with Gasteiger partial charge in [-0.2, -0.15) is 0 Å². The summed E-state index contributed by atoms with van der Waals surface area (Å²) in [7, 11) is 1.20. The molecule has 0 aliphatic carbocycles. The first-order chi connectivity index (χ1) is 12.8. The lowest BCUT2D eigenvalue weighted by molar-refractivity contribution is -0.148. The molecule has 0 bridgehead atoms. The van der Waals surface area contributed by atoms with Gasteiger partial charge in [-0.1, -0.05) is 11.6 Å². The van der Waals surface area contributed by atoms with E-state index >= 15 is 0 Å². The summed E-state index contributed by atoms with van der Waals surface area (Å²) in [5, 5.41) is -0.203. The molecule has 7 nitrogen and oxygen atoms in total. The van der Waals surface area contributed by atoms with Crippen molar-refractivity contribution in [3.63, 3.8) is 0 Å². The predicted octanol–water partition coefficient (Wildman–Crippen LogP) is 3.74. The summed E-state index contributed by atoms with van der Waals surface area (Å²) in [5.74, 6) is -0.270. The minimum absolute atomic E-state index is 0.157. The largest absolute Gasteiger partial charge is 0.490 e. The molecule has 9 heteroatoms. The highest BCUT2D eigenvalue weighted by atomic mass is 35.5. The lowest BCUT2D eigenvalue weighted by Gasteiger charge is -2.18. The van der Waals surface area contributed by atoms with Crippen molar-refractivity contribution in [1.29, 1.82) is 0 Å². The van der Waals surface area contributed by atoms with Crippen molar-refractivity contribution in [2.75, 3.05) is 20.3 Å². The van der Waals surface area contributed by atoms with Crippen LogP contribution in [0.4, 0.5) is 4.79 Å². The summed E-state index contributed by atoms with van der Waals surface area (Å²) in [6.45, 7) is 5.98. The van der Waals surface area contributed by atoms with E-state index < -0.39 is 23.2 Å². The third kappa shape index (κ3) is 4.56. The van der Waals surface area contributed by atoms with Crippen LogP contribution >= 0.6 is 23.4 Å². The molecule has 1 saturated heterocycles. The van der Waals surface area contributed by atoms with E-state index in [1.807, 2.05) is 13.8 Å². The van der Waals surface area contributed by atoms with Crippen molar-refractivity contribution >= 4 is 46.6 Å². The number of ether oxygens (including phenoxy) is 3. The molecule has 1 aliphatic rings. The SMILES string of the molecule is CCOc1cc(Cl)c(/C=C2/SC(=O)N([C@@H](C)C(=O)OC)C2=O)cc1OCC. The molecular formula is C18H20ClNO6S. The highest BCUT2D eigenvalue weighted by Crippen LogP contribution is 2.38. The Morgan fingerprint density at radius 3 is 2.37 bits per heavy atom. The molecule has 0 N–H and O–H groups in total. The number of rotatable bonds is 7. The van der Waals surface area contributed by atoms with Crippen molar-refractivity contribution in [1.82, 2.24) is 4.90 Å². The Balaban J connectivity index is 2.38. The molecule has 1 aliphatic heterocycles. The number of amides is 2. The molecule has 0 spiro atoms. The summed E-state index contributed by atoms with van der Waals surface area (Å²) in [6, 6.07) is 2.24. The van der Waals surface area contributed by atoms with Gasteiger partial charge in [0, 0.05) is 6.07 Å². The van der Waals surface area contributed by atoms with E-state index in [9.17, 15) is 14.4 Å². The number of hydrogen-bond acceptors (Lipinski definition) is 7. The van der Waals surface area contributed by atoms with E-state index in [4.69, 9.17) is 21.1 Å². The van der Waals surface area contributed by atoms with Gasteiger partial charge in [0.25, 0.3) is 11.1 Å². The van der Waals surface area contributed by atoms with Crippen molar-refractivity contribution in [3.8, 4) is 11.5 Å². The molecular weight excluding hydrogens is 394 g/mol.